The molecule has 7 heteroatoms. The molecule has 1 aliphatic rings. The number of pyridine rings is 1. The Morgan fingerprint density at radius 1 is 1.43 bits per heavy atom. The van der Waals surface area contributed by atoms with Crippen molar-refractivity contribution in [3.8, 4) is 6.07 Å². The third-order valence-corrected chi connectivity index (χ3v) is 3.17. The van der Waals surface area contributed by atoms with Crippen molar-refractivity contribution in [3.05, 3.63) is 29.6 Å². The Balaban J connectivity index is 1.94. The molecule has 110 valence electrons. The number of carbonyl (C=O) groups is 2. The topological polar surface area (TPSA) is 95.3 Å². The minimum atomic E-state index is -0.631. The zero-order valence-corrected chi connectivity index (χ0v) is 11.7. The Hall–Kier alpha value is -2.46. The van der Waals surface area contributed by atoms with Gasteiger partial charge in [-0.3, -0.25) is 9.59 Å². The smallest absolute Gasteiger partial charge is 0.270 e. The van der Waals surface area contributed by atoms with Gasteiger partial charge in [-0.15, -0.1) is 0 Å². The van der Waals surface area contributed by atoms with Crippen molar-refractivity contribution in [3.63, 3.8) is 0 Å². The third kappa shape index (κ3) is 3.77. The molecule has 7 nitrogen and oxygen atoms in total. The maximum atomic E-state index is 12.2. The van der Waals surface area contributed by atoms with Gasteiger partial charge in [-0.2, -0.15) is 5.26 Å². The van der Waals surface area contributed by atoms with Crippen LogP contribution < -0.4 is 5.32 Å². The highest BCUT2D eigenvalue weighted by atomic mass is 16.5. The molecule has 1 atom stereocenters. The molecule has 2 rings (SSSR count). The van der Waals surface area contributed by atoms with Gasteiger partial charge in [0, 0.05) is 19.3 Å². The Labute approximate surface area is 122 Å². The van der Waals surface area contributed by atoms with Crippen LogP contribution in [0.1, 0.15) is 23.0 Å². The van der Waals surface area contributed by atoms with E-state index in [1.807, 2.05) is 6.07 Å². The third-order valence-electron chi connectivity index (χ3n) is 3.17. The Kier molecular flexibility index (Phi) is 4.85. The fourth-order valence-corrected chi connectivity index (χ4v) is 1.98. The number of nitriles is 1. The highest BCUT2D eigenvalue weighted by Crippen LogP contribution is 2.03. The quantitative estimate of drug-likeness (QED) is 0.840. The van der Waals surface area contributed by atoms with E-state index in [4.69, 9.17) is 10.00 Å². The number of amides is 2. The standard InChI is InChI=1S/C14H16N4O3/c1-10(14(20)18-4-6-21-7-5-18)17-13(19)12-3-2-11(8-15)9-16-12/h2-3,9-10H,4-7H2,1H3,(H,17,19). The summed E-state index contributed by atoms with van der Waals surface area (Å²) < 4.78 is 5.18. The van der Waals surface area contributed by atoms with Crippen molar-refractivity contribution in [2.75, 3.05) is 26.3 Å². The lowest BCUT2D eigenvalue weighted by atomic mass is 10.2. The molecule has 0 spiro atoms. The molecule has 1 N–H and O–H groups in total. The molecule has 2 amide bonds. The van der Waals surface area contributed by atoms with Crippen LogP contribution in [0.15, 0.2) is 18.3 Å². The van der Waals surface area contributed by atoms with Gasteiger partial charge in [0.25, 0.3) is 5.91 Å². The van der Waals surface area contributed by atoms with Crippen LogP contribution in [-0.4, -0.2) is 54.0 Å². The molecule has 1 aromatic rings. The fraction of sp³-hybridized carbons (Fsp3) is 0.429. The summed E-state index contributed by atoms with van der Waals surface area (Å²) in [5.74, 6) is -0.575. The van der Waals surface area contributed by atoms with Crippen LogP contribution in [0.4, 0.5) is 0 Å². The van der Waals surface area contributed by atoms with Gasteiger partial charge in [-0.1, -0.05) is 0 Å². The van der Waals surface area contributed by atoms with Gasteiger partial charge < -0.3 is 15.0 Å². The lowest BCUT2D eigenvalue weighted by Gasteiger charge is -2.29. The molecule has 21 heavy (non-hydrogen) atoms. The summed E-state index contributed by atoms with van der Waals surface area (Å²) in [6.07, 6.45) is 1.32. The summed E-state index contributed by atoms with van der Waals surface area (Å²) in [5, 5.41) is 11.3. The predicted molar refractivity (Wildman–Crippen MR) is 73.3 cm³/mol. The van der Waals surface area contributed by atoms with Gasteiger partial charge in [-0.25, -0.2) is 4.98 Å². The number of nitrogens with zero attached hydrogens (tertiary/aromatic N) is 3. The van der Waals surface area contributed by atoms with Gasteiger partial charge in [0.2, 0.25) is 5.91 Å². The highest BCUT2D eigenvalue weighted by molar-refractivity contribution is 5.96. The Bertz CT molecular complexity index is 559. The van der Waals surface area contributed by atoms with E-state index in [9.17, 15) is 9.59 Å². The summed E-state index contributed by atoms with van der Waals surface area (Å²) in [6, 6.07) is 4.27. The van der Waals surface area contributed by atoms with Crippen molar-refractivity contribution in [1.29, 1.82) is 5.26 Å². The largest absolute Gasteiger partial charge is 0.378 e. The van der Waals surface area contributed by atoms with E-state index < -0.39 is 11.9 Å². The molecule has 0 saturated carbocycles. The summed E-state index contributed by atoms with van der Waals surface area (Å²) in [6.45, 7) is 3.74. The monoisotopic (exact) mass is 288 g/mol. The van der Waals surface area contributed by atoms with Crippen molar-refractivity contribution in [2.45, 2.75) is 13.0 Å². The first kappa shape index (κ1) is 14.9. The first-order chi connectivity index (χ1) is 10.1. The van der Waals surface area contributed by atoms with Crippen LogP contribution in [0.3, 0.4) is 0 Å². The SMILES string of the molecule is CC(NC(=O)c1ccc(C#N)cn1)C(=O)N1CCOCC1. The molecular weight excluding hydrogens is 272 g/mol. The van der Waals surface area contributed by atoms with Crippen LogP contribution >= 0.6 is 0 Å². The average Bonchev–Trinajstić information content (AvgIpc) is 2.55. The first-order valence-corrected chi connectivity index (χ1v) is 6.65. The molecule has 1 aliphatic heterocycles. The second-order valence-electron chi connectivity index (χ2n) is 4.68. The molecule has 0 bridgehead atoms. The summed E-state index contributed by atoms with van der Waals surface area (Å²) >= 11 is 0. The van der Waals surface area contributed by atoms with Gasteiger partial charge in [0.1, 0.15) is 17.8 Å². The Morgan fingerprint density at radius 2 is 2.14 bits per heavy atom. The summed E-state index contributed by atoms with van der Waals surface area (Å²) in [7, 11) is 0. The van der Waals surface area contributed by atoms with E-state index >= 15 is 0 Å². The van der Waals surface area contributed by atoms with Crippen molar-refractivity contribution >= 4 is 11.8 Å². The number of rotatable bonds is 3. The molecule has 1 aromatic heterocycles. The second kappa shape index (κ2) is 6.81. The maximum absolute atomic E-state index is 12.2. The van der Waals surface area contributed by atoms with Crippen molar-refractivity contribution in [1.82, 2.24) is 15.2 Å². The zero-order valence-electron chi connectivity index (χ0n) is 11.7. The second-order valence-corrected chi connectivity index (χ2v) is 4.68. The van der Waals surface area contributed by atoms with Crippen LogP contribution in [0.2, 0.25) is 0 Å². The van der Waals surface area contributed by atoms with Crippen molar-refractivity contribution < 1.29 is 14.3 Å². The van der Waals surface area contributed by atoms with E-state index in [1.54, 1.807) is 11.8 Å². The molecule has 2 heterocycles. The number of carbonyl (C=O) groups excluding carboxylic acids is 2. The molecule has 0 aliphatic carbocycles. The van der Waals surface area contributed by atoms with E-state index in [1.165, 1.54) is 18.3 Å². The molecule has 1 unspecified atom stereocenters. The van der Waals surface area contributed by atoms with E-state index in [0.717, 1.165) is 0 Å². The number of hydrogen-bond acceptors (Lipinski definition) is 5. The normalized spacial score (nSPS) is 15.9. The lowest BCUT2D eigenvalue weighted by molar-refractivity contribution is -0.136. The number of aromatic nitrogens is 1. The molecule has 1 fully saturated rings. The molecule has 1 saturated heterocycles. The number of morpholine rings is 1. The Morgan fingerprint density at radius 3 is 2.71 bits per heavy atom. The van der Waals surface area contributed by atoms with Crippen LogP contribution in [0.25, 0.3) is 0 Å². The van der Waals surface area contributed by atoms with Crippen LogP contribution in [-0.2, 0) is 9.53 Å². The van der Waals surface area contributed by atoms with Gasteiger partial charge >= 0.3 is 0 Å². The lowest BCUT2D eigenvalue weighted by Crippen LogP contribution is -2.50. The molecular formula is C14H16N4O3. The summed E-state index contributed by atoms with van der Waals surface area (Å²) in [5.41, 5.74) is 0.555. The molecule has 0 radical (unpaired) electrons. The highest BCUT2D eigenvalue weighted by Gasteiger charge is 2.24. The number of nitrogens with one attached hydrogen (secondary N) is 1. The van der Waals surface area contributed by atoms with Gasteiger partial charge in [0.15, 0.2) is 0 Å². The summed E-state index contributed by atoms with van der Waals surface area (Å²) in [4.78, 5) is 29.7. The number of hydrogen-bond donors (Lipinski definition) is 1. The molecule has 0 aromatic carbocycles. The van der Waals surface area contributed by atoms with Crippen LogP contribution in [0.5, 0.6) is 0 Å². The average molecular weight is 288 g/mol. The van der Waals surface area contributed by atoms with Gasteiger partial charge in [0.05, 0.1) is 18.8 Å². The van der Waals surface area contributed by atoms with E-state index in [2.05, 4.69) is 10.3 Å². The maximum Gasteiger partial charge on any atom is 0.270 e. The van der Waals surface area contributed by atoms with E-state index in [0.29, 0.717) is 31.9 Å². The minimum absolute atomic E-state index is 0.139. The zero-order chi connectivity index (χ0) is 15.2. The fourth-order valence-electron chi connectivity index (χ4n) is 1.98. The minimum Gasteiger partial charge on any atom is -0.378 e. The van der Waals surface area contributed by atoms with E-state index in [-0.39, 0.29) is 11.6 Å². The van der Waals surface area contributed by atoms with Crippen LogP contribution in [0, 0.1) is 11.3 Å². The predicted octanol–water partition coefficient (Wildman–Crippen LogP) is -0.0696. The van der Waals surface area contributed by atoms with Gasteiger partial charge in [-0.05, 0) is 19.1 Å². The van der Waals surface area contributed by atoms with Crippen molar-refractivity contribution in [2.24, 2.45) is 0 Å². The first-order valence-electron chi connectivity index (χ1n) is 6.65. The number of ether oxygens (including phenoxy) is 1.